The highest BCUT2D eigenvalue weighted by Gasteiger charge is 2.09. The van der Waals surface area contributed by atoms with Crippen molar-refractivity contribution in [2.75, 3.05) is 0 Å². The lowest BCUT2D eigenvalue weighted by Gasteiger charge is -2.19. The van der Waals surface area contributed by atoms with Crippen LogP contribution in [0.15, 0.2) is 35.7 Å². The molecule has 0 amide bonds. The van der Waals surface area contributed by atoms with Crippen molar-refractivity contribution in [1.29, 1.82) is 0 Å². The summed E-state index contributed by atoms with van der Waals surface area (Å²) in [5.41, 5.74) is 1.20. The molecule has 0 aromatic carbocycles. The van der Waals surface area contributed by atoms with Crippen molar-refractivity contribution in [3.63, 3.8) is 0 Å². The van der Waals surface area contributed by atoms with Gasteiger partial charge in [0.15, 0.2) is 0 Å². The van der Waals surface area contributed by atoms with Crippen LogP contribution in [0, 0.1) is 5.92 Å². The highest BCUT2D eigenvalue weighted by molar-refractivity contribution is 5.04. The van der Waals surface area contributed by atoms with Crippen molar-refractivity contribution in [3.8, 4) is 0 Å². The Kier molecular flexibility index (Phi) is 4.47. The second-order valence-corrected chi connectivity index (χ2v) is 3.80. The fourth-order valence-electron chi connectivity index (χ4n) is 1.34. The molecule has 0 fully saturated rings. The molecule has 1 aromatic rings. The molecular weight excluding hydrogens is 174 g/mol. The van der Waals surface area contributed by atoms with Gasteiger partial charge >= 0.3 is 0 Å². The van der Waals surface area contributed by atoms with Gasteiger partial charge in [0.1, 0.15) is 0 Å². The average molecular weight is 193 g/mol. The summed E-state index contributed by atoms with van der Waals surface area (Å²) in [6.07, 6.45) is 6.51. The number of furan rings is 1. The summed E-state index contributed by atoms with van der Waals surface area (Å²) in [6.45, 7) is 9.06. The van der Waals surface area contributed by atoms with Crippen LogP contribution in [-0.4, -0.2) is 6.04 Å². The van der Waals surface area contributed by atoms with Gasteiger partial charge in [-0.3, -0.25) is 0 Å². The van der Waals surface area contributed by atoms with Crippen LogP contribution in [0.25, 0.3) is 0 Å². The molecule has 0 bridgehead atoms. The van der Waals surface area contributed by atoms with Crippen molar-refractivity contribution >= 4 is 0 Å². The Bertz CT molecular complexity index is 253. The number of rotatable bonds is 6. The van der Waals surface area contributed by atoms with E-state index in [1.54, 1.807) is 12.5 Å². The Morgan fingerprint density at radius 3 is 2.93 bits per heavy atom. The van der Waals surface area contributed by atoms with Gasteiger partial charge in [0, 0.05) is 18.2 Å². The van der Waals surface area contributed by atoms with Gasteiger partial charge in [-0.2, -0.15) is 0 Å². The first kappa shape index (κ1) is 11.1. The molecule has 0 saturated carbocycles. The van der Waals surface area contributed by atoms with Gasteiger partial charge in [0.2, 0.25) is 0 Å². The topological polar surface area (TPSA) is 25.2 Å². The second kappa shape index (κ2) is 5.66. The number of nitrogens with one attached hydrogen (secondary N) is 1. The molecule has 14 heavy (non-hydrogen) atoms. The Balaban J connectivity index is 2.27. The molecule has 1 N–H and O–H groups in total. The summed E-state index contributed by atoms with van der Waals surface area (Å²) in [7, 11) is 0. The molecule has 0 radical (unpaired) electrons. The summed E-state index contributed by atoms with van der Waals surface area (Å²) in [5.74, 6) is 0.624. The molecular formula is C12H19NO. The molecule has 0 saturated heterocycles. The molecule has 2 heteroatoms. The van der Waals surface area contributed by atoms with Crippen LogP contribution < -0.4 is 5.32 Å². The SMILES string of the molecule is C=CCC(C)C(C)NCc1ccoc1. The van der Waals surface area contributed by atoms with E-state index >= 15 is 0 Å². The molecule has 0 aliphatic carbocycles. The maximum atomic E-state index is 5.00. The summed E-state index contributed by atoms with van der Waals surface area (Å²) in [6, 6.07) is 2.49. The molecule has 0 aliphatic heterocycles. The third kappa shape index (κ3) is 3.38. The fraction of sp³-hybridized carbons (Fsp3) is 0.500. The van der Waals surface area contributed by atoms with E-state index in [9.17, 15) is 0 Å². The van der Waals surface area contributed by atoms with Crippen molar-refractivity contribution < 1.29 is 4.42 Å². The summed E-state index contributed by atoms with van der Waals surface area (Å²) >= 11 is 0. The van der Waals surface area contributed by atoms with E-state index in [0.717, 1.165) is 13.0 Å². The number of hydrogen-bond donors (Lipinski definition) is 1. The molecule has 1 heterocycles. The van der Waals surface area contributed by atoms with Crippen LogP contribution in [0.1, 0.15) is 25.8 Å². The first-order valence-corrected chi connectivity index (χ1v) is 5.09. The highest BCUT2D eigenvalue weighted by atomic mass is 16.3. The predicted octanol–water partition coefficient (Wildman–Crippen LogP) is 2.97. The minimum absolute atomic E-state index is 0.503. The third-order valence-electron chi connectivity index (χ3n) is 2.60. The molecule has 2 nitrogen and oxygen atoms in total. The maximum Gasteiger partial charge on any atom is 0.0947 e. The van der Waals surface area contributed by atoms with E-state index in [1.165, 1.54) is 5.56 Å². The smallest absolute Gasteiger partial charge is 0.0947 e. The number of allylic oxidation sites excluding steroid dienone is 1. The third-order valence-corrected chi connectivity index (χ3v) is 2.60. The Morgan fingerprint density at radius 1 is 1.57 bits per heavy atom. The first-order valence-electron chi connectivity index (χ1n) is 5.09. The lowest BCUT2D eigenvalue weighted by atomic mass is 10.00. The molecule has 0 spiro atoms. The molecule has 1 aromatic heterocycles. The van der Waals surface area contributed by atoms with E-state index in [2.05, 4.69) is 25.7 Å². The summed E-state index contributed by atoms with van der Waals surface area (Å²) in [5, 5.41) is 3.46. The second-order valence-electron chi connectivity index (χ2n) is 3.80. The van der Waals surface area contributed by atoms with Crippen LogP contribution in [0.2, 0.25) is 0 Å². The Labute approximate surface area is 86.0 Å². The standard InChI is InChI=1S/C12H19NO/c1-4-5-10(2)11(3)13-8-12-6-7-14-9-12/h4,6-7,9-11,13H,1,5,8H2,2-3H3. The van der Waals surface area contributed by atoms with Gasteiger partial charge in [-0.1, -0.05) is 13.0 Å². The van der Waals surface area contributed by atoms with Gasteiger partial charge in [-0.25, -0.2) is 0 Å². The zero-order valence-corrected chi connectivity index (χ0v) is 8.99. The quantitative estimate of drug-likeness (QED) is 0.703. The van der Waals surface area contributed by atoms with E-state index < -0.39 is 0 Å². The van der Waals surface area contributed by atoms with Gasteiger partial charge in [-0.15, -0.1) is 6.58 Å². The normalized spacial score (nSPS) is 15.0. The number of hydrogen-bond acceptors (Lipinski definition) is 2. The maximum absolute atomic E-state index is 5.00. The van der Waals surface area contributed by atoms with E-state index in [4.69, 9.17) is 4.42 Å². The minimum atomic E-state index is 0.503. The zero-order chi connectivity index (χ0) is 10.4. The first-order chi connectivity index (χ1) is 6.74. The van der Waals surface area contributed by atoms with Gasteiger partial charge in [0.05, 0.1) is 12.5 Å². The summed E-state index contributed by atoms with van der Waals surface area (Å²) < 4.78 is 5.00. The average Bonchev–Trinajstić information content (AvgIpc) is 2.67. The monoisotopic (exact) mass is 193 g/mol. The fourth-order valence-corrected chi connectivity index (χ4v) is 1.34. The van der Waals surface area contributed by atoms with Crippen molar-refractivity contribution in [3.05, 3.63) is 36.8 Å². The zero-order valence-electron chi connectivity index (χ0n) is 8.99. The van der Waals surface area contributed by atoms with Crippen LogP contribution >= 0.6 is 0 Å². The Hall–Kier alpha value is -1.02. The molecule has 0 aliphatic rings. The molecule has 78 valence electrons. The van der Waals surface area contributed by atoms with E-state index in [1.807, 2.05) is 12.1 Å². The van der Waals surface area contributed by atoms with Crippen molar-refractivity contribution in [2.45, 2.75) is 32.9 Å². The van der Waals surface area contributed by atoms with Gasteiger partial charge in [0.25, 0.3) is 0 Å². The highest BCUT2D eigenvalue weighted by Crippen LogP contribution is 2.09. The van der Waals surface area contributed by atoms with Crippen LogP contribution in [0.3, 0.4) is 0 Å². The summed E-state index contributed by atoms with van der Waals surface area (Å²) in [4.78, 5) is 0. The van der Waals surface area contributed by atoms with E-state index in [0.29, 0.717) is 12.0 Å². The predicted molar refractivity (Wildman–Crippen MR) is 59.0 cm³/mol. The van der Waals surface area contributed by atoms with E-state index in [-0.39, 0.29) is 0 Å². The van der Waals surface area contributed by atoms with Gasteiger partial charge in [-0.05, 0) is 25.3 Å². The Morgan fingerprint density at radius 2 is 2.36 bits per heavy atom. The molecule has 1 rings (SSSR count). The lowest BCUT2D eigenvalue weighted by Crippen LogP contribution is -2.31. The van der Waals surface area contributed by atoms with Crippen LogP contribution in [0.4, 0.5) is 0 Å². The van der Waals surface area contributed by atoms with Crippen molar-refractivity contribution in [2.24, 2.45) is 5.92 Å². The molecule has 2 unspecified atom stereocenters. The lowest BCUT2D eigenvalue weighted by molar-refractivity contribution is 0.401. The van der Waals surface area contributed by atoms with Crippen LogP contribution in [0.5, 0.6) is 0 Å². The largest absolute Gasteiger partial charge is 0.472 e. The molecule has 2 atom stereocenters. The van der Waals surface area contributed by atoms with Crippen molar-refractivity contribution in [1.82, 2.24) is 5.32 Å². The van der Waals surface area contributed by atoms with Gasteiger partial charge < -0.3 is 9.73 Å². The van der Waals surface area contributed by atoms with Crippen LogP contribution in [-0.2, 0) is 6.54 Å². The minimum Gasteiger partial charge on any atom is -0.472 e.